The fraction of sp³-hybridized carbons (Fsp3) is 0.333. The summed E-state index contributed by atoms with van der Waals surface area (Å²) in [5.41, 5.74) is 6.22. The van der Waals surface area contributed by atoms with Gasteiger partial charge in [-0.3, -0.25) is 0 Å². The zero-order chi connectivity index (χ0) is 14.4. The lowest BCUT2D eigenvalue weighted by Crippen LogP contribution is -1.94. The van der Waals surface area contributed by atoms with Gasteiger partial charge in [0.1, 0.15) is 0 Å². The molecule has 0 aliphatic rings. The normalized spacial score (nSPS) is 10.6. The van der Waals surface area contributed by atoms with Crippen molar-refractivity contribution in [2.45, 2.75) is 33.1 Å². The third-order valence-electron chi connectivity index (χ3n) is 3.59. The Bertz CT molecular complexity index is 546. The molecule has 0 bridgehead atoms. The molecular weight excluding hydrogens is 246 g/mol. The summed E-state index contributed by atoms with van der Waals surface area (Å²) in [6.45, 7) is 4.59. The summed E-state index contributed by atoms with van der Waals surface area (Å²) in [6, 6.07) is 14.9. The highest BCUT2D eigenvalue weighted by atomic mass is 16.2. The molecule has 0 saturated carbocycles. The van der Waals surface area contributed by atoms with Crippen molar-refractivity contribution in [1.29, 1.82) is 0 Å². The van der Waals surface area contributed by atoms with Crippen LogP contribution in [0.25, 0.3) is 0 Å². The second-order valence-corrected chi connectivity index (χ2v) is 5.14. The van der Waals surface area contributed by atoms with Gasteiger partial charge >= 0.3 is 0 Å². The van der Waals surface area contributed by atoms with E-state index in [1.807, 2.05) is 0 Å². The van der Waals surface area contributed by atoms with E-state index in [-0.39, 0.29) is 6.61 Å². The predicted molar refractivity (Wildman–Crippen MR) is 85.7 cm³/mol. The Morgan fingerprint density at radius 1 is 1.00 bits per heavy atom. The van der Waals surface area contributed by atoms with Crippen LogP contribution in [0.1, 0.15) is 30.0 Å². The maximum Gasteiger partial charge on any atom is 0.0434 e. The van der Waals surface area contributed by atoms with Crippen molar-refractivity contribution in [2.75, 3.05) is 11.9 Å². The third-order valence-corrected chi connectivity index (χ3v) is 3.59. The number of nitrogens with one attached hydrogen (secondary N) is 1. The first kappa shape index (κ1) is 14.6. The van der Waals surface area contributed by atoms with E-state index in [0.29, 0.717) is 0 Å². The van der Waals surface area contributed by atoms with Gasteiger partial charge in [0.05, 0.1) is 0 Å². The largest absolute Gasteiger partial charge is 0.396 e. The second-order valence-electron chi connectivity index (χ2n) is 5.14. The molecule has 0 aliphatic carbocycles. The van der Waals surface area contributed by atoms with Crippen molar-refractivity contribution in [1.82, 2.24) is 0 Å². The molecule has 0 fully saturated rings. The molecule has 0 unspecified atom stereocenters. The molecule has 2 aromatic rings. The Morgan fingerprint density at radius 2 is 1.70 bits per heavy atom. The Kier molecular flexibility index (Phi) is 5.19. The molecule has 0 amide bonds. The lowest BCUT2D eigenvalue weighted by Gasteiger charge is -2.10. The average Bonchev–Trinajstić information content (AvgIpc) is 2.47. The minimum atomic E-state index is 0.253. The molecular formula is C18H23NO. The Balaban J connectivity index is 2.04. The minimum absolute atomic E-state index is 0.253. The van der Waals surface area contributed by atoms with Crippen LogP contribution in [0, 0.1) is 6.92 Å². The van der Waals surface area contributed by atoms with Gasteiger partial charge in [-0.25, -0.2) is 0 Å². The highest BCUT2D eigenvalue weighted by molar-refractivity contribution is 5.61. The van der Waals surface area contributed by atoms with E-state index in [2.05, 4.69) is 61.6 Å². The fourth-order valence-corrected chi connectivity index (χ4v) is 2.37. The molecule has 0 heterocycles. The Labute approximate surface area is 121 Å². The average molecular weight is 269 g/mol. The molecule has 0 atom stereocenters. The van der Waals surface area contributed by atoms with Crippen LogP contribution in [0.15, 0.2) is 42.5 Å². The van der Waals surface area contributed by atoms with Crippen molar-refractivity contribution in [3.63, 3.8) is 0 Å². The lowest BCUT2D eigenvalue weighted by atomic mass is 10.1. The number of hydrogen-bond donors (Lipinski definition) is 2. The van der Waals surface area contributed by atoms with Gasteiger partial charge in [0.15, 0.2) is 0 Å². The summed E-state index contributed by atoms with van der Waals surface area (Å²) in [6.07, 6.45) is 2.83. The molecule has 2 aromatic carbocycles. The number of hydrogen-bond acceptors (Lipinski definition) is 2. The van der Waals surface area contributed by atoms with Crippen LogP contribution in [0.2, 0.25) is 0 Å². The SMILES string of the molecule is CCc1ccc(Nc2ccc(CCCO)cc2)cc1C. The van der Waals surface area contributed by atoms with E-state index in [0.717, 1.165) is 30.6 Å². The maximum absolute atomic E-state index is 8.83. The van der Waals surface area contributed by atoms with E-state index < -0.39 is 0 Å². The monoisotopic (exact) mass is 269 g/mol. The van der Waals surface area contributed by atoms with E-state index in [1.54, 1.807) is 0 Å². The van der Waals surface area contributed by atoms with E-state index in [1.165, 1.54) is 16.7 Å². The first-order valence-corrected chi connectivity index (χ1v) is 7.29. The van der Waals surface area contributed by atoms with E-state index >= 15 is 0 Å². The number of aliphatic hydroxyl groups is 1. The summed E-state index contributed by atoms with van der Waals surface area (Å²) in [5, 5.41) is 12.3. The Morgan fingerprint density at radius 3 is 2.30 bits per heavy atom. The molecule has 20 heavy (non-hydrogen) atoms. The molecule has 106 valence electrons. The zero-order valence-electron chi connectivity index (χ0n) is 12.3. The number of benzene rings is 2. The molecule has 0 saturated heterocycles. The summed E-state index contributed by atoms with van der Waals surface area (Å²) in [5.74, 6) is 0. The van der Waals surface area contributed by atoms with Crippen molar-refractivity contribution < 1.29 is 5.11 Å². The summed E-state index contributed by atoms with van der Waals surface area (Å²) in [4.78, 5) is 0. The molecule has 0 aromatic heterocycles. The first-order valence-electron chi connectivity index (χ1n) is 7.29. The van der Waals surface area contributed by atoms with Crippen LogP contribution < -0.4 is 5.32 Å². The summed E-state index contributed by atoms with van der Waals surface area (Å²) >= 11 is 0. The minimum Gasteiger partial charge on any atom is -0.396 e. The van der Waals surface area contributed by atoms with Crippen LogP contribution >= 0.6 is 0 Å². The maximum atomic E-state index is 8.83. The van der Waals surface area contributed by atoms with Crippen LogP contribution in [0.5, 0.6) is 0 Å². The predicted octanol–water partition coefficient (Wildman–Crippen LogP) is 4.23. The third kappa shape index (κ3) is 3.84. The molecule has 2 heteroatoms. The molecule has 0 radical (unpaired) electrons. The van der Waals surface area contributed by atoms with Crippen molar-refractivity contribution in [2.24, 2.45) is 0 Å². The highest BCUT2D eigenvalue weighted by Crippen LogP contribution is 2.21. The summed E-state index contributed by atoms with van der Waals surface area (Å²) < 4.78 is 0. The topological polar surface area (TPSA) is 32.3 Å². The molecule has 2 nitrogen and oxygen atoms in total. The van der Waals surface area contributed by atoms with Gasteiger partial charge in [-0.15, -0.1) is 0 Å². The quantitative estimate of drug-likeness (QED) is 0.822. The van der Waals surface area contributed by atoms with Crippen LogP contribution in [0.3, 0.4) is 0 Å². The zero-order valence-corrected chi connectivity index (χ0v) is 12.3. The van der Waals surface area contributed by atoms with Gasteiger partial charge in [0, 0.05) is 18.0 Å². The van der Waals surface area contributed by atoms with Crippen LogP contribution in [0.4, 0.5) is 11.4 Å². The van der Waals surface area contributed by atoms with Gasteiger partial charge in [-0.2, -0.15) is 0 Å². The first-order chi connectivity index (χ1) is 9.72. The standard InChI is InChI=1S/C18H23NO/c1-3-16-8-11-18(13-14(16)2)19-17-9-6-15(7-10-17)5-4-12-20/h6-11,13,19-20H,3-5,12H2,1-2H3. The van der Waals surface area contributed by atoms with Crippen molar-refractivity contribution in [3.8, 4) is 0 Å². The van der Waals surface area contributed by atoms with Gasteiger partial charge in [-0.05, 0) is 67.1 Å². The smallest absolute Gasteiger partial charge is 0.0434 e. The molecule has 0 aliphatic heterocycles. The fourth-order valence-electron chi connectivity index (χ4n) is 2.37. The van der Waals surface area contributed by atoms with Gasteiger partial charge < -0.3 is 10.4 Å². The number of anilines is 2. The van der Waals surface area contributed by atoms with E-state index in [9.17, 15) is 0 Å². The lowest BCUT2D eigenvalue weighted by molar-refractivity contribution is 0.288. The van der Waals surface area contributed by atoms with Crippen LogP contribution in [-0.4, -0.2) is 11.7 Å². The van der Waals surface area contributed by atoms with Crippen molar-refractivity contribution >= 4 is 11.4 Å². The summed E-state index contributed by atoms with van der Waals surface area (Å²) in [7, 11) is 0. The Hall–Kier alpha value is -1.80. The van der Waals surface area contributed by atoms with Gasteiger partial charge in [-0.1, -0.05) is 25.1 Å². The second kappa shape index (κ2) is 7.11. The van der Waals surface area contributed by atoms with Gasteiger partial charge in [0.2, 0.25) is 0 Å². The molecule has 2 rings (SSSR count). The number of aliphatic hydroxyl groups excluding tert-OH is 1. The van der Waals surface area contributed by atoms with E-state index in [4.69, 9.17) is 5.11 Å². The number of aryl methyl sites for hydroxylation is 3. The van der Waals surface area contributed by atoms with Gasteiger partial charge in [0.25, 0.3) is 0 Å². The highest BCUT2D eigenvalue weighted by Gasteiger charge is 2.00. The molecule has 0 spiro atoms. The van der Waals surface area contributed by atoms with Crippen LogP contribution in [-0.2, 0) is 12.8 Å². The van der Waals surface area contributed by atoms with Crippen molar-refractivity contribution in [3.05, 3.63) is 59.2 Å². The number of rotatable bonds is 6. The molecule has 2 N–H and O–H groups in total.